The van der Waals surface area contributed by atoms with Crippen LogP contribution in [0.15, 0.2) is 29.1 Å². The number of ether oxygens (including phenoxy) is 1. The van der Waals surface area contributed by atoms with Gasteiger partial charge in [-0.05, 0) is 56.7 Å². The van der Waals surface area contributed by atoms with E-state index in [1.165, 1.54) is 9.56 Å². The van der Waals surface area contributed by atoms with Crippen molar-refractivity contribution in [1.29, 1.82) is 0 Å². The summed E-state index contributed by atoms with van der Waals surface area (Å²) in [5, 5.41) is 11.8. The standard InChI is InChI=1S/C21H24N4O3S/c1-4-28-16-8-6-5-7-15(16)22-19(26)13(3)25-21(27)18-14-10-9-12(2)11-17(14)29-20(18)23-24-25/h5-8,12-13H,4,9-11H2,1-3H3,(H,22,26)/t12-,13-/m1/s1. The second-order valence-electron chi connectivity index (χ2n) is 7.47. The molecule has 2 aromatic heterocycles. The molecule has 0 bridgehead atoms. The number of carbonyl (C=O) groups is 1. The number of aryl methyl sites for hydroxylation is 1. The number of carbonyl (C=O) groups excluding carboxylic acids is 1. The molecule has 4 rings (SSSR count). The van der Waals surface area contributed by atoms with Crippen LogP contribution >= 0.6 is 11.3 Å². The highest BCUT2D eigenvalue weighted by Gasteiger charge is 2.26. The number of hydrogen-bond acceptors (Lipinski definition) is 6. The van der Waals surface area contributed by atoms with E-state index in [1.807, 2.05) is 19.1 Å². The van der Waals surface area contributed by atoms with Crippen molar-refractivity contribution in [2.24, 2.45) is 5.92 Å². The zero-order valence-electron chi connectivity index (χ0n) is 16.8. The number of amides is 1. The lowest BCUT2D eigenvalue weighted by Gasteiger charge is -2.18. The molecule has 1 N–H and O–H groups in total. The van der Waals surface area contributed by atoms with Crippen LogP contribution in [0, 0.1) is 5.92 Å². The Balaban J connectivity index is 1.65. The highest BCUT2D eigenvalue weighted by Crippen LogP contribution is 2.35. The van der Waals surface area contributed by atoms with Crippen LogP contribution in [0.2, 0.25) is 0 Å². The lowest BCUT2D eigenvalue weighted by atomic mass is 9.89. The second-order valence-corrected chi connectivity index (χ2v) is 8.55. The Morgan fingerprint density at radius 2 is 2.21 bits per heavy atom. The number of nitrogens with one attached hydrogen (secondary N) is 1. The maximum Gasteiger partial charge on any atom is 0.279 e. The Hall–Kier alpha value is -2.74. The summed E-state index contributed by atoms with van der Waals surface area (Å²) in [4.78, 5) is 27.9. The SMILES string of the molecule is CCOc1ccccc1NC(=O)[C@@H](C)n1nnc2sc3c(c2c1=O)CC[C@@H](C)C3. The van der Waals surface area contributed by atoms with Gasteiger partial charge in [-0.3, -0.25) is 9.59 Å². The Labute approximate surface area is 172 Å². The molecule has 0 saturated heterocycles. The zero-order valence-corrected chi connectivity index (χ0v) is 17.6. The topological polar surface area (TPSA) is 86.1 Å². The maximum atomic E-state index is 13.2. The average Bonchev–Trinajstić information content (AvgIpc) is 3.07. The second kappa shape index (κ2) is 7.94. The van der Waals surface area contributed by atoms with Gasteiger partial charge in [-0.1, -0.05) is 24.3 Å². The third-order valence-corrected chi connectivity index (χ3v) is 6.48. The Bertz CT molecular complexity index is 1120. The molecule has 8 heteroatoms. The molecule has 1 aromatic carbocycles. The fourth-order valence-electron chi connectivity index (χ4n) is 3.72. The summed E-state index contributed by atoms with van der Waals surface area (Å²) in [6.07, 6.45) is 2.91. The van der Waals surface area contributed by atoms with Gasteiger partial charge in [0.05, 0.1) is 17.7 Å². The monoisotopic (exact) mass is 412 g/mol. The van der Waals surface area contributed by atoms with Crippen LogP contribution in [0.5, 0.6) is 5.75 Å². The summed E-state index contributed by atoms with van der Waals surface area (Å²) >= 11 is 1.55. The van der Waals surface area contributed by atoms with Crippen LogP contribution in [-0.2, 0) is 17.6 Å². The van der Waals surface area contributed by atoms with Crippen molar-refractivity contribution < 1.29 is 9.53 Å². The molecule has 0 unspecified atom stereocenters. The maximum absolute atomic E-state index is 13.2. The molecule has 0 saturated carbocycles. The minimum atomic E-state index is -0.799. The summed E-state index contributed by atoms with van der Waals surface area (Å²) < 4.78 is 6.74. The first-order valence-corrected chi connectivity index (χ1v) is 10.7. The van der Waals surface area contributed by atoms with Gasteiger partial charge in [-0.25, -0.2) is 0 Å². The quantitative estimate of drug-likeness (QED) is 0.692. The largest absolute Gasteiger partial charge is 0.492 e. The van der Waals surface area contributed by atoms with Crippen molar-refractivity contribution in [3.8, 4) is 5.75 Å². The fourth-order valence-corrected chi connectivity index (χ4v) is 5.04. The predicted molar refractivity (Wildman–Crippen MR) is 114 cm³/mol. The summed E-state index contributed by atoms with van der Waals surface area (Å²) in [5.41, 5.74) is 1.41. The van der Waals surface area contributed by atoms with Crippen LogP contribution in [0.25, 0.3) is 10.2 Å². The molecule has 152 valence electrons. The van der Waals surface area contributed by atoms with Gasteiger partial charge in [0.1, 0.15) is 11.8 Å². The third-order valence-electron chi connectivity index (χ3n) is 5.34. The van der Waals surface area contributed by atoms with Gasteiger partial charge in [0.25, 0.3) is 5.56 Å². The van der Waals surface area contributed by atoms with Gasteiger partial charge >= 0.3 is 0 Å². The number of anilines is 1. The molecule has 0 aliphatic heterocycles. The minimum absolute atomic E-state index is 0.247. The number of thiophene rings is 1. The Morgan fingerprint density at radius 1 is 1.41 bits per heavy atom. The minimum Gasteiger partial charge on any atom is -0.492 e. The lowest BCUT2D eigenvalue weighted by molar-refractivity contribution is -0.119. The molecule has 2 heterocycles. The van der Waals surface area contributed by atoms with Crippen molar-refractivity contribution in [3.05, 3.63) is 45.1 Å². The smallest absolute Gasteiger partial charge is 0.279 e. The molecule has 3 aromatic rings. The van der Waals surface area contributed by atoms with Gasteiger partial charge < -0.3 is 10.1 Å². The third kappa shape index (κ3) is 3.64. The van der Waals surface area contributed by atoms with Crippen LogP contribution in [0.4, 0.5) is 5.69 Å². The molecular weight excluding hydrogens is 388 g/mol. The fraction of sp³-hybridized carbons (Fsp3) is 0.429. The Kier molecular flexibility index (Phi) is 5.36. The molecule has 7 nitrogen and oxygen atoms in total. The summed E-state index contributed by atoms with van der Waals surface area (Å²) in [6.45, 7) is 6.25. The van der Waals surface area contributed by atoms with Crippen molar-refractivity contribution >= 4 is 33.1 Å². The molecular formula is C21H24N4O3S. The van der Waals surface area contributed by atoms with E-state index in [2.05, 4.69) is 22.6 Å². The number of benzene rings is 1. The van der Waals surface area contributed by atoms with Crippen LogP contribution in [-0.4, -0.2) is 27.5 Å². The molecule has 0 spiro atoms. The first kappa shape index (κ1) is 19.6. The predicted octanol–water partition coefficient (Wildman–Crippen LogP) is 3.58. The molecule has 2 atom stereocenters. The van der Waals surface area contributed by atoms with E-state index in [1.54, 1.807) is 30.4 Å². The van der Waals surface area contributed by atoms with Crippen molar-refractivity contribution in [2.75, 3.05) is 11.9 Å². The van der Waals surface area contributed by atoms with Gasteiger partial charge in [0, 0.05) is 4.88 Å². The van der Waals surface area contributed by atoms with E-state index in [4.69, 9.17) is 4.74 Å². The van der Waals surface area contributed by atoms with Crippen molar-refractivity contribution in [3.63, 3.8) is 0 Å². The number of fused-ring (bicyclic) bond motifs is 3. The highest BCUT2D eigenvalue weighted by molar-refractivity contribution is 7.18. The van der Waals surface area contributed by atoms with Gasteiger partial charge in [-0.15, -0.1) is 16.4 Å². The molecule has 1 aliphatic carbocycles. The van der Waals surface area contributed by atoms with Crippen LogP contribution in [0.1, 0.15) is 43.7 Å². The molecule has 29 heavy (non-hydrogen) atoms. The van der Waals surface area contributed by atoms with E-state index < -0.39 is 6.04 Å². The van der Waals surface area contributed by atoms with E-state index in [0.29, 0.717) is 34.2 Å². The lowest BCUT2D eigenvalue weighted by Crippen LogP contribution is -2.34. The molecule has 0 radical (unpaired) electrons. The zero-order chi connectivity index (χ0) is 20.5. The van der Waals surface area contributed by atoms with E-state index in [-0.39, 0.29) is 11.5 Å². The normalized spacial score (nSPS) is 17.0. The summed E-state index contributed by atoms with van der Waals surface area (Å²) in [5.74, 6) is 0.858. The Morgan fingerprint density at radius 3 is 3.00 bits per heavy atom. The molecule has 1 aliphatic rings. The van der Waals surface area contributed by atoms with E-state index in [0.717, 1.165) is 24.8 Å². The summed E-state index contributed by atoms with van der Waals surface area (Å²) in [6, 6.07) is 6.42. The molecule has 0 fully saturated rings. The average molecular weight is 413 g/mol. The van der Waals surface area contributed by atoms with E-state index in [9.17, 15) is 9.59 Å². The summed E-state index contributed by atoms with van der Waals surface area (Å²) in [7, 11) is 0. The number of aromatic nitrogens is 3. The van der Waals surface area contributed by atoms with Gasteiger partial charge in [-0.2, -0.15) is 4.68 Å². The first-order chi connectivity index (χ1) is 14.0. The van der Waals surface area contributed by atoms with Gasteiger partial charge in [0.15, 0.2) is 4.83 Å². The van der Waals surface area contributed by atoms with E-state index >= 15 is 0 Å². The molecule has 1 amide bonds. The number of para-hydroxylation sites is 2. The number of rotatable bonds is 5. The number of hydrogen-bond donors (Lipinski definition) is 1. The van der Waals surface area contributed by atoms with Crippen molar-refractivity contribution in [1.82, 2.24) is 15.0 Å². The number of nitrogens with zero attached hydrogens (tertiary/aromatic N) is 3. The highest BCUT2D eigenvalue weighted by atomic mass is 32.1. The van der Waals surface area contributed by atoms with Crippen molar-refractivity contribution in [2.45, 2.75) is 46.1 Å². The van der Waals surface area contributed by atoms with Crippen LogP contribution < -0.4 is 15.6 Å². The first-order valence-electron chi connectivity index (χ1n) is 9.92. The van der Waals surface area contributed by atoms with Crippen LogP contribution in [0.3, 0.4) is 0 Å². The van der Waals surface area contributed by atoms with Gasteiger partial charge in [0.2, 0.25) is 5.91 Å².